The fraction of sp³-hybridized carbons (Fsp3) is 0.333. The van der Waals surface area contributed by atoms with Crippen molar-refractivity contribution in [1.29, 1.82) is 0 Å². The fourth-order valence-corrected chi connectivity index (χ4v) is 2.56. The summed E-state index contributed by atoms with van der Waals surface area (Å²) in [4.78, 5) is 0. The standard InChI is InChI=1S/C9H8BrIO/c10-8-3-6-1-2-12-9(6)7(4-8)5-11/h3-4H,1-2,5H2. The topological polar surface area (TPSA) is 9.23 Å². The van der Waals surface area contributed by atoms with Crippen LogP contribution in [0.5, 0.6) is 5.75 Å². The van der Waals surface area contributed by atoms with E-state index in [0.29, 0.717) is 0 Å². The molecule has 0 amide bonds. The number of ether oxygens (including phenoxy) is 1. The number of hydrogen-bond donors (Lipinski definition) is 0. The van der Waals surface area contributed by atoms with Crippen LogP contribution in [0, 0.1) is 0 Å². The third-order valence-corrected chi connectivity index (χ3v) is 3.25. The van der Waals surface area contributed by atoms with Crippen LogP contribution in [-0.2, 0) is 10.8 Å². The maximum Gasteiger partial charge on any atom is 0.126 e. The predicted molar refractivity (Wildman–Crippen MR) is 61.1 cm³/mol. The van der Waals surface area contributed by atoms with E-state index in [-0.39, 0.29) is 0 Å². The molecule has 12 heavy (non-hydrogen) atoms. The summed E-state index contributed by atoms with van der Waals surface area (Å²) in [5.41, 5.74) is 2.65. The van der Waals surface area contributed by atoms with Crippen molar-refractivity contribution in [1.82, 2.24) is 0 Å². The van der Waals surface area contributed by atoms with E-state index in [9.17, 15) is 0 Å². The molecule has 3 heteroatoms. The first-order chi connectivity index (χ1) is 5.81. The van der Waals surface area contributed by atoms with Crippen molar-refractivity contribution in [3.63, 3.8) is 0 Å². The van der Waals surface area contributed by atoms with E-state index in [2.05, 4.69) is 50.7 Å². The Morgan fingerprint density at radius 2 is 2.33 bits per heavy atom. The van der Waals surface area contributed by atoms with Crippen LogP contribution in [0.4, 0.5) is 0 Å². The van der Waals surface area contributed by atoms with Crippen LogP contribution in [0.3, 0.4) is 0 Å². The summed E-state index contributed by atoms with van der Waals surface area (Å²) in [5.74, 6) is 1.12. The van der Waals surface area contributed by atoms with Crippen molar-refractivity contribution in [2.75, 3.05) is 6.61 Å². The molecule has 0 spiro atoms. The highest BCUT2D eigenvalue weighted by molar-refractivity contribution is 14.1. The van der Waals surface area contributed by atoms with Crippen LogP contribution in [0.25, 0.3) is 0 Å². The van der Waals surface area contributed by atoms with E-state index >= 15 is 0 Å². The molecule has 0 aromatic heterocycles. The lowest BCUT2D eigenvalue weighted by Gasteiger charge is -2.05. The molecule has 0 unspecified atom stereocenters. The van der Waals surface area contributed by atoms with Gasteiger partial charge in [0.15, 0.2) is 0 Å². The molecule has 0 atom stereocenters. The molecule has 64 valence electrons. The molecule has 1 aromatic rings. The first-order valence-electron chi connectivity index (χ1n) is 3.81. The number of rotatable bonds is 1. The summed E-state index contributed by atoms with van der Waals surface area (Å²) in [6, 6.07) is 4.29. The van der Waals surface area contributed by atoms with E-state index < -0.39 is 0 Å². The second-order valence-corrected chi connectivity index (χ2v) is 4.46. The van der Waals surface area contributed by atoms with Crippen LogP contribution < -0.4 is 4.74 Å². The van der Waals surface area contributed by atoms with E-state index in [1.165, 1.54) is 15.6 Å². The normalized spacial score (nSPS) is 14.2. The summed E-state index contributed by atoms with van der Waals surface area (Å²) in [6.07, 6.45) is 1.05. The Bertz CT molecular complexity index is 312. The molecule has 0 saturated carbocycles. The minimum Gasteiger partial charge on any atom is -0.493 e. The van der Waals surface area contributed by atoms with Crippen molar-refractivity contribution < 1.29 is 4.74 Å². The van der Waals surface area contributed by atoms with Gasteiger partial charge in [0, 0.05) is 20.9 Å². The molecule has 1 nitrogen and oxygen atoms in total. The highest BCUT2D eigenvalue weighted by Crippen LogP contribution is 2.33. The number of fused-ring (bicyclic) bond motifs is 1. The van der Waals surface area contributed by atoms with E-state index in [1.54, 1.807) is 0 Å². The summed E-state index contributed by atoms with van der Waals surface area (Å²) in [7, 11) is 0. The monoisotopic (exact) mass is 338 g/mol. The van der Waals surface area contributed by atoms with Crippen LogP contribution in [-0.4, -0.2) is 6.61 Å². The van der Waals surface area contributed by atoms with Crippen molar-refractivity contribution in [2.24, 2.45) is 0 Å². The van der Waals surface area contributed by atoms with Gasteiger partial charge in [-0.2, -0.15) is 0 Å². The van der Waals surface area contributed by atoms with Gasteiger partial charge in [0.1, 0.15) is 5.75 Å². The van der Waals surface area contributed by atoms with Crippen molar-refractivity contribution in [3.8, 4) is 5.75 Å². The van der Waals surface area contributed by atoms with Gasteiger partial charge in [-0.05, 0) is 17.7 Å². The number of benzene rings is 1. The molecule has 1 aliphatic rings. The molecule has 0 saturated heterocycles. The van der Waals surface area contributed by atoms with Gasteiger partial charge in [-0.1, -0.05) is 38.5 Å². The van der Waals surface area contributed by atoms with Gasteiger partial charge in [-0.15, -0.1) is 0 Å². The Kier molecular flexibility index (Phi) is 2.60. The number of halogens is 2. The van der Waals surface area contributed by atoms with Gasteiger partial charge in [0.2, 0.25) is 0 Å². The van der Waals surface area contributed by atoms with Gasteiger partial charge in [0.05, 0.1) is 6.61 Å². The Balaban J connectivity index is 2.55. The third-order valence-electron chi connectivity index (χ3n) is 1.97. The molecule has 1 heterocycles. The molecule has 2 rings (SSSR count). The quantitative estimate of drug-likeness (QED) is 0.564. The first kappa shape index (κ1) is 8.81. The maximum absolute atomic E-state index is 5.55. The fourth-order valence-electron chi connectivity index (χ4n) is 1.45. The highest BCUT2D eigenvalue weighted by Gasteiger charge is 2.16. The zero-order chi connectivity index (χ0) is 8.55. The zero-order valence-corrected chi connectivity index (χ0v) is 10.2. The van der Waals surface area contributed by atoms with Crippen LogP contribution in [0.2, 0.25) is 0 Å². The largest absolute Gasteiger partial charge is 0.493 e. The Labute approximate surface area is 93.8 Å². The lowest BCUT2D eigenvalue weighted by atomic mass is 10.1. The van der Waals surface area contributed by atoms with Gasteiger partial charge in [0.25, 0.3) is 0 Å². The molecule has 0 fully saturated rings. The lowest BCUT2D eigenvalue weighted by Crippen LogP contribution is -1.89. The zero-order valence-electron chi connectivity index (χ0n) is 6.44. The Hall–Kier alpha value is 0.230. The van der Waals surface area contributed by atoms with Gasteiger partial charge in [-0.3, -0.25) is 0 Å². The Morgan fingerprint density at radius 3 is 3.08 bits per heavy atom. The van der Waals surface area contributed by atoms with Crippen molar-refractivity contribution >= 4 is 38.5 Å². The number of hydrogen-bond acceptors (Lipinski definition) is 1. The van der Waals surface area contributed by atoms with Crippen molar-refractivity contribution in [3.05, 3.63) is 27.7 Å². The SMILES string of the molecule is Brc1cc(CI)c2c(c1)CCO2. The van der Waals surface area contributed by atoms with Gasteiger partial charge >= 0.3 is 0 Å². The van der Waals surface area contributed by atoms with Gasteiger partial charge in [-0.25, -0.2) is 0 Å². The van der Waals surface area contributed by atoms with Crippen molar-refractivity contribution in [2.45, 2.75) is 10.8 Å². The second-order valence-electron chi connectivity index (χ2n) is 2.79. The molecule has 0 radical (unpaired) electrons. The van der Waals surface area contributed by atoms with Crippen LogP contribution in [0.1, 0.15) is 11.1 Å². The molecule has 1 aliphatic heterocycles. The number of alkyl halides is 1. The summed E-state index contributed by atoms with van der Waals surface area (Å²) in [5, 5.41) is 0. The van der Waals surface area contributed by atoms with E-state index in [4.69, 9.17) is 4.74 Å². The van der Waals surface area contributed by atoms with Crippen LogP contribution in [0.15, 0.2) is 16.6 Å². The van der Waals surface area contributed by atoms with Crippen LogP contribution >= 0.6 is 38.5 Å². The minimum absolute atomic E-state index is 0.843. The molecule has 0 aliphatic carbocycles. The lowest BCUT2D eigenvalue weighted by molar-refractivity contribution is 0.354. The molecule has 0 N–H and O–H groups in total. The van der Waals surface area contributed by atoms with E-state index in [0.717, 1.165) is 23.2 Å². The van der Waals surface area contributed by atoms with Gasteiger partial charge < -0.3 is 4.74 Å². The summed E-state index contributed by atoms with van der Waals surface area (Å²) < 4.78 is 7.73. The Morgan fingerprint density at radius 1 is 1.50 bits per heavy atom. The minimum atomic E-state index is 0.843. The van der Waals surface area contributed by atoms with E-state index in [1.807, 2.05) is 0 Å². The average molecular weight is 339 g/mol. The molecular formula is C9H8BrIO. The highest BCUT2D eigenvalue weighted by atomic mass is 127. The summed E-state index contributed by atoms with van der Waals surface area (Å²) in [6.45, 7) is 0.843. The third kappa shape index (κ3) is 1.48. The average Bonchev–Trinajstić information content (AvgIpc) is 2.50. The first-order valence-corrected chi connectivity index (χ1v) is 6.13. The smallest absolute Gasteiger partial charge is 0.126 e. The second kappa shape index (κ2) is 3.54. The predicted octanol–water partition coefficient (Wildman–Crippen LogP) is 3.32. The molecule has 0 bridgehead atoms. The maximum atomic E-state index is 5.55. The molecular weight excluding hydrogens is 331 g/mol. The summed E-state index contributed by atoms with van der Waals surface area (Å²) >= 11 is 5.86. The molecule has 1 aromatic carbocycles.